The Morgan fingerprint density at radius 2 is 2.00 bits per heavy atom. The van der Waals surface area contributed by atoms with Crippen molar-refractivity contribution >= 4 is 22.3 Å². The molecule has 22 heavy (non-hydrogen) atoms. The molecule has 0 N–H and O–H groups in total. The van der Waals surface area contributed by atoms with Crippen molar-refractivity contribution in [2.75, 3.05) is 33.2 Å². The minimum Gasteiger partial charge on any atom is -0.336 e. The molecule has 1 aromatic carbocycles. The zero-order valence-corrected chi connectivity index (χ0v) is 12.9. The van der Waals surface area contributed by atoms with E-state index >= 15 is 0 Å². The smallest absolute Gasteiger partial charge is 0.282 e. The van der Waals surface area contributed by atoms with Crippen LogP contribution in [0.3, 0.4) is 0 Å². The number of nitro benzene ring substituents is 1. The van der Waals surface area contributed by atoms with Crippen molar-refractivity contribution in [3.05, 3.63) is 39.4 Å². The minimum absolute atomic E-state index is 0.0561. The second kappa shape index (κ2) is 6.84. The molecule has 0 spiro atoms. The van der Waals surface area contributed by atoms with Crippen LogP contribution >= 0.6 is 0 Å². The van der Waals surface area contributed by atoms with Gasteiger partial charge in [0, 0.05) is 32.2 Å². The second-order valence-corrected chi connectivity index (χ2v) is 6.08. The van der Waals surface area contributed by atoms with E-state index in [-0.39, 0.29) is 22.6 Å². The number of carbonyl (C=O) groups is 1. The van der Waals surface area contributed by atoms with E-state index < -0.39 is 21.5 Å². The summed E-state index contributed by atoms with van der Waals surface area (Å²) in [5, 5.41) is 11.2. The summed E-state index contributed by atoms with van der Waals surface area (Å²) in [4.78, 5) is 26.5. The first-order valence-corrected chi connectivity index (χ1v) is 8.03. The first-order valence-electron chi connectivity index (χ1n) is 6.67. The first-order chi connectivity index (χ1) is 10.4. The lowest BCUT2D eigenvalue weighted by molar-refractivity contribution is -0.385. The van der Waals surface area contributed by atoms with Gasteiger partial charge in [0.1, 0.15) is 16.3 Å². The molecule has 119 valence electrons. The molecule has 0 saturated carbocycles. The van der Waals surface area contributed by atoms with Gasteiger partial charge in [0.15, 0.2) is 0 Å². The fourth-order valence-corrected chi connectivity index (χ4v) is 2.72. The van der Waals surface area contributed by atoms with E-state index in [4.69, 9.17) is 0 Å². The number of hydrogen-bond acceptors (Lipinski definition) is 6. The maximum atomic E-state index is 12.4. The molecule has 1 saturated heterocycles. The summed E-state index contributed by atoms with van der Waals surface area (Å²) in [5.74, 6) is -0.756. The molecule has 1 amide bonds. The fourth-order valence-electron chi connectivity index (χ4n) is 2.26. The lowest BCUT2D eigenvalue weighted by Gasteiger charge is -2.32. The lowest BCUT2D eigenvalue weighted by atomic mass is 10.1. The summed E-state index contributed by atoms with van der Waals surface area (Å²) in [7, 11) is -0.764. The fraction of sp³-hybridized carbons (Fsp3) is 0.462. The third-order valence-corrected chi connectivity index (χ3v) is 4.10. The van der Waals surface area contributed by atoms with Gasteiger partial charge in [-0.15, -0.1) is 0 Å². The van der Waals surface area contributed by atoms with E-state index in [2.05, 4.69) is 11.0 Å². The summed E-state index contributed by atoms with van der Waals surface area (Å²) >= 11 is 0. The molecule has 0 bridgehead atoms. The molecule has 1 aromatic rings. The molecule has 1 fully saturated rings. The topological polar surface area (TPSA) is 101 Å². The van der Waals surface area contributed by atoms with E-state index in [9.17, 15) is 23.3 Å². The molecule has 9 heteroatoms. The van der Waals surface area contributed by atoms with Gasteiger partial charge in [0.2, 0.25) is 0 Å². The molecular weight excluding hydrogens is 310 g/mol. The van der Waals surface area contributed by atoms with Crippen molar-refractivity contribution in [1.29, 1.82) is 0 Å². The predicted octanol–water partition coefficient (Wildman–Crippen LogP) is -0.106. The van der Waals surface area contributed by atoms with E-state index in [1.807, 2.05) is 7.05 Å². The van der Waals surface area contributed by atoms with Gasteiger partial charge < -0.3 is 9.80 Å². The van der Waals surface area contributed by atoms with Crippen LogP contribution < -0.4 is 0 Å². The van der Waals surface area contributed by atoms with E-state index in [0.29, 0.717) is 26.2 Å². The highest BCUT2D eigenvalue weighted by atomic mass is 32.2. The van der Waals surface area contributed by atoms with Gasteiger partial charge in [-0.25, -0.2) is 8.42 Å². The third-order valence-electron chi connectivity index (χ3n) is 3.51. The minimum atomic E-state index is -2.71. The monoisotopic (exact) mass is 326 g/mol. The number of nitro groups is 1. The zero-order chi connectivity index (χ0) is 16.3. The molecule has 0 unspecified atom stereocenters. The van der Waals surface area contributed by atoms with Crippen molar-refractivity contribution in [3.63, 3.8) is 0 Å². The number of piperazine rings is 1. The highest BCUT2D eigenvalue weighted by molar-refractivity contribution is 7.71. The summed E-state index contributed by atoms with van der Waals surface area (Å²) in [6, 6.07) is 4.97. The van der Waals surface area contributed by atoms with E-state index in [0.717, 1.165) is 6.07 Å². The molecule has 8 nitrogen and oxygen atoms in total. The van der Waals surface area contributed by atoms with Crippen LogP contribution in [0.4, 0.5) is 5.69 Å². The van der Waals surface area contributed by atoms with Crippen molar-refractivity contribution in [1.82, 2.24) is 9.80 Å². The molecule has 1 aliphatic heterocycles. The van der Waals surface area contributed by atoms with Gasteiger partial charge >= 0.3 is 0 Å². The Hall–Kier alpha value is -2.00. The van der Waals surface area contributed by atoms with Gasteiger partial charge in [-0.1, -0.05) is 0 Å². The van der Waals surface area contributed by atoms with Crippen LogP contribution in [0.15, 0.2) is 12.1 Å². The summed E-state index contributed by atoms with van der Waals surface area (Å²) in [6.45, 7) is 2.41. The highest BCUT2D eigenvalue weighted by Crippen LogP contribution is 2.22. The highest BCUT2D eigenvalue weighted by Gasteiger charge is 2.27. The zero-order valence-electron chi connectivity index (χ0n) is 12.0. The van der Waals surface area contributed by atoms with Gasteiger partial charge in [0.25, 0.3) is 11.6 Å². The average molecular weight is 326 g/mol. The molecule has 0 atom stereocenters. The van der Waals surface area contributed by atoms with Crippen molar-refractivity contribution in [3.8, 4) is 0 Å². The SMILES string of the molecule is CN1CCN(C(=O)c2c[c]c(C[SH](=O)=O)cc2[N+](=O)[O-])CC1. The Labute approximate surface area is 129 Å². The molecule has 1 radical (unpaired) electrons. The normalized spacial score (nSPS) is 16.0. The standard InChI is InChI=1S/C13H16N3O5S/c1-14-4-6-15(7-5-14)13(17)11-3-2-10(9-22(20)21)8-12(11)16(18)19/h3,8,22H,4-7,9H2,1H3. The predicted molar refractivity (Wildman–Crippen MR) is 79.4 cm³/mol. The van der Waals surface area contributed by atoms with Crippen LogP contribution in [0.25, 0.3) is 0 Å². The number of hydrogen-bond donors (Lipinski definition) is 1. The molecular formula is C13H16N3O5S. The summed E-state index contributed by atoms with van der Waals surface area (Å²) in [5.41, 5.74) is -0.258. The molecule has 2 rings (SSSR count). The van der Waals surface area contributed by atoms with Crippen LogP contribution in [0, 0.1) is 16.2 Å². The van der Waals surface area contributed by atoms with Crippen LogP contribution in [-0.2, 0) is 16.5 Å². The number of amides is 1. The van der Waals surface area contributed by atoms with Gasteiger partial charge in [-0.3, -0.25) is 14.9 Å². The summed E-state index contributed by atoms with van der Waals surface area (Å²) < 4.78 is 21.4. The van der Waals surface area contributed by atoms with Gasteiger partial charge in [-0.2, -0.15) is 0 Å². The Morgan fingerprint density at radius 1 is 1.36 bits per heavy atom. The molecule has 1 heterocycles. The number of rotatable bonds is 4. The Kier molecular flexibility index (Phi) is 5.09. The Morgan fingerprint density at radius 3 is 2.55 bits per heavy atom. The number of thiol groups is 1. The Balaban J connectivity index is 2.29. The maximum Gasteiger partial charge on any atom is 0.282 e. The average Bonchev–Trinajstić information content (AvgIpc) is 2.46. The maximum absolute atomic E-state index is 12.4. The van der Waals surface area contributed by atoms with Gasteiger partial charge in [0.05, 0.1) is 10.7 Å². The first kappa shape index (κ1) is 16.4. The van der Waals surface area contributed by atoms with Gasteiger partial charge in [-0.05, 0) is 24.7 Å². The lowest BCUT2D eigenvalue weighted by Crippen LogP contribution is -2.47. The van der Waals surface area contributed by atoms with Crippen molar-refractivity contribution in [2.45, 2.75) is 5.75 Å². The molecule has 0 aliphatic carbocycles. The van der Waals surface area contributed by atoms with Crippen LogP contribution in [0.2, 0.25) is 0 Å². The number of likely N-dealkylation sites (N-methyl/N-ethyl adjacent to an activating group) is 1. The Bertz CT molecular complexity index is 658. The third kappa shape index (κ3) is 3.80. The van der Waals surface area contributed by atoms with E-state index in [1.54, 1.807) is 4.90 Å². The largest absolute Gasteiger partial charge is 0.336 e. The van der Waals surface area contributed by atoms with Crippen molar-refractivity contribution < 1.29 is 18.1 Å². The van der Waals surface area contributed by atoms with Crippen LogP contribution in [0.1, 0.15) is 15.9 Å². The van der Waals surface area contributed by atoms with Crippen LogP contribution in [-0.4, -0.2) is 62.3 Å². The quantitative estimate of drug-likeness (QED) is 0.471. The number of carbonyl (C=O) groups excluding carboxylic acids is 1. The van der Waals surface area contributed by atoms with E-state index in [1.165, 1.54) is 6.07 Å². The molecule has 1 aliphatic rings. The van der Waals surface area contributed by atoms with Crippen molar-refractivity contribution in [2.24, 2.45) is 0 Å². The van der Waals surface area contributed by atoms with Crippen LogP contribution in [0.5, 0.6) is 0 Å². The second-order valence-electron chi connectivity index (χ2n) is 5.10. The molecule has 0 aromatic heterocycles. The summed E-state index contributed by atoms with van der Waals surface area (Å²) in [6.07, 6.45) is 0. The number of benzene rings is 1. The number of nitrogens with zero attached hydrogens (tertiary/aromatic N) is 3.